The van der Waals surface area contributed by atoms with Gasteiger partial charge in [-0.3, -0.25) is 19.2 Å². The number of carbonyl (C=O) groups excluding carboxylic acids is 2. The van der Waals surface area contributed by atoms with Gasteiger partial charge in [0.05, 0.1) is 24.7 Å². The predicted molar refractivity (Wildman–Crippen MR) is 174 cm³/mol. The summed E-state index contributed by atoms with van der Waals surface area (Å²) in [5.74, 6) is -8.22. The largest absolute Gasteiger partial charge is 0.481 e. The minimum absolute atomic E-state index is 0.133. The molecule has 6 rings (SSSR count). The van der Waals surface area contributed by atoms with Crippen molar-refractivity contribution in [3.63, 3.8) is 0 Å². The number of carboxylic acid groups (broad SMARTS) is 2. The van der Waals surface area contributed by atoms with Crippen LogP contribution in [-0.2, 0) is 41.9 Å². The second-order valence-electron chi connectivity index (χ2n) is 11.2. The Bertz CT molecular complexity index is 1870. The maximum absolute atomic E-state index is 13.0. The molecule has 6 aromatic carbocycles. The molecule has 0 heterocycles. The second-order valence-corrected chi connectivity index (χ2v) is 11.2. The number of aliphatic carboxylic acids is 2. The third-order valence-electron chi connectivity index (χ3n) is 8.41. The Kier molecular flexibility index (Phi) is 8.61. The second kappa shape index (κ2) is 13.1. The first-order valence-electron chi connectivity index (χ1n) is 14.9. The van der Waals surface area contributed by atoms with E-state index in [9.17, 15) is 29.4 Å². The van der Waals surface area contributed by atoms with Crippen LogP contribution < -0.4 is 0 Å². The van der Waals surface area contributed by atoms with E-state index in [-0.39, 0.29) is 13.2 Å². The van der Waals surface area contributed by atoms with Crippen molar-refractivity contribution in [1.29, 1.82) is 0 Å². The van der Waals surface area contributed by atoms with Gasteiger partial charge in [-0.05, 0) is 55.2 Å². The minimum atomic E-state index is -1.71. The van der Waals surface area contributed by atoms with Crippen molar-refractivity contribution in [1.82, 2.24) is 0 Å². The average molecular weight is 615 g/mol. The quantitative estimate of drug-likeness (QED) is 0.115. The molecule has 0 amide bonds. The van der Waals surface area contributed by atoms with Gasteiger partial charge in [0.1, 0.15) is 13.2 Å². The lowest BCUT2D eigenvalue weighted by molar-refractivity contribution is -0.162. The van der Waals surface area contributed by atoms with Crippen LogP contribution in [0.3, 0.4) is 0 Å². The summed E-state index contributed by atoms with van der Waals surface area (Å²) in [5, 5.41) is 27.2. The van der Waals surface area contributed by atoms with Crippen LogP contribution in [0, 0.1) is 11.8 Å². The van der Waals surface area contributed by atoms with Gasteiger partial charge in [-0.2, -0.15) is 0 Å². The maximum atomic E-state index is 13.0. The van der Waals surface area contributed by atoms with Crippen molar-refractivity contribution in [3.8, 4) is 0 Å². The molecule has 2 atom stereocenters. The van der Waals surface area contributed by atoms with Gasteiger partial charge in [-0.1, -0.05) is 97.1 Å². The Morgan fingerprint density at radius 1 is 0.478 bits per heavy atom. The Balaban J connectivity index is 1.16. The third-order valence-corrected chi connectivity index (χ3v) is 8.41. The smallest absolute Gasteiger partial charge is 0.307 e. The molecule has 0 radical (unpaired) electrons. The number of benzene rings is 6. The monoisotopic (exact) mass is 614 g/mol. The van der Waals surface area contributed by atoms with Gasteiger partial charge in [0, 0.05) is 11.1 Å². The van der Waals surface area contributed by atoms with Crippen molar-refractivity contribution in [2.75, 3.05) is 0 Å². The highest BCUT2D eigenvalue weighted by atomic mass is 16.5. The molecular formula is C38H30O8. The fourth-order valence-corrected chi connectivity index (χ4v) is 6.11. The normalized spacial score (nSPS) is 12.6. The molecular weight excluding hydrogens is 584 g/mol. The molecule has 2 N–H and O–H groups in total. The summed E-state index contributed by atoms with van der Waals surface area (Å²) in [6.07, 6.45) is -1.45. The number of rotatable bonds is 11. The zero-order valence-electron chi connectivity index (χ0n) is 24.7. The standard InChI is InChI=1S/C38H30O8/c39-35(45-21-33-27-13-5-1-9-23(27)17-24-10-2-6-14-28(24)33)19-31(37(41)42)32(38(43)44)20-36(40)46-22-34-29-15-7-3-11-25(29)18-26-12-4-8-16-30(26)34/h1-18,31-32H,19-22H2,(H,41,42)(H,43,44). The van der Waals surface area contributed by atoms with Crippen LogP contribution in [0.5, 0.6) is 0 Å². The Morgan fingerprint density at radius 3 is 1.04 bits per heavy atom. The fourth-order valence-electron chi connectivity index (χ4n) is 6.11. The number of fused-ring (bicyclic) bond motifs is 4. The molecule has 8 heteroatoms. The van der Waals surface area contributed by atoms with Gasteiger partial charge in [0.15, 0.2) is 0 Å². The highest BCUT2D eigenvalue weighted by Crippen LogP contribution is 2.31. The zero-order chi connectivity index (χ0) is 32.2. The molecule has 0 aliphatic carbocycles. The number of carbonyl (C=O) groups is 4. The molecule has 0 aliphatic rings. The predicted octanol–water partition coefficient (Wildman–Crippen LogP) is 7.27. The Morgan fingerprint density at radius 2 is 0.761 bits per heavy atom. The van der Waals surface area contributed by atoms with Crippen LogP contribution in [0.15, 0.2) is 109 Å². The lowest BCUT2D eigenvalue weighted by atomic mass is 9.87. The minimum Gasteiger partial charge on any atom is -0.481 e. The molecule has 0 saturated heterocycles. The van der Waals surface area contributed by atoms with Gasteiger partial charge in [-0.25, -0.2) is 0 Å². The van der Waals surface area contributed by atoms with Crippen molar-refractivity contribution in [2.45, 2.75) is 26.1 Å². The molecule has 0 spiro atoms. The lowest BCUT2D eigenvalue weighted by Crippen LogP contribution is -2.34. The van der Waals surface area contributed by atoms with Crippen LogP contribution in [-0.4, -0.2) is 34.1 Å². The van der Waals surface area contributed by atoms with E-state index in [0.29, 0.717) is 0 Å². The summed E-state index contributed by atoms with van der Waals surface area (Å²) in [7, 11) is 0. The van der Waals surface area contributed by atoms with Crippen LogP contribution in [0.2, 0.25) is 0 Å². The van der Waals surface area contributed by atoms with Crippen molar-refractivity contribution in [3.05, 3.63) is 120 Å². The fraction of sp³-hybridized carbons (Fsp3) is 0.158. The van der Waals surface area contributed by atoms with E-state index >= 15 is 0 Å². The summed E-state index contributed by atoms with van der Waals surface area (Å²) >= 11 is 0. The number of ether oxygens (including phenoxy) is 2. The summed E-state index contributed by atoms with van der Waals surface area (Å²) in [6, 6.07) is 34.7. The summed E-state index contributed by atoms with van der Waals surface area (Å²) < 4.78 is 11.1. The number of hydrogen-bond acceptors (Lipinski definition) is 6. The lowest BCUT2D eigenvalue weighted by Gasteiger charge is -2.20. The molecule has 0 bridgehead atoms. The van der Waals surface area contributed by atoms with Gasteiger partial charge in [-0.15, -0.1) is 0 Å². The molecule has 0 saturated carbocycles. The van der Waals surface area contributed by atoms with Crippen LogP contribution >= 0.6 is 0 Å². The van der Waals surface area contributed by atoms with E-state index in [2.05, 4.69) is 0 Å². The molecule has 230 valence electrons. The summed E-state index contributed by atoms with van der Waals surface area (Å²) in [6.45, 7) is -0.266. The molecule has 0 aromatic heterocycles. The first-order valence-corrected chi connectivity index (χ1v) is 14.9. The first kappa shape index (κ1) is 30.3. The van der Waals surface area contributed by atoms with E-state index in [4.69, 9.17) is 9.47 Å². The van der Waals surface area contributed by atoms with Crippen LogP contribution in [0.1, 0.15) is 24.0 Å². The zero-order valence-corrected chi connectivity index (χ0v) is 24.7. The van der Waals surface area contributed by atoms with E-state index in [0.717, 1.165) is 54.2 Å². The van der Waals surface area contributed by atoms with E-state index < -0.39 is 48.6 Å². The number of hydrogen-bond donors (Lipinski definition) is 2. The molecule has 6 aromatic rings. The SMILES string of the molecule is O=C(CC(C(=O)O)C(CC(=O)OCc1c2ccccc2cc2ccccc12)C(=O)O)OCc1c2ccccc2cc2ccccc12. The van der Waals surface area contributed by atoms with Crippen molar-refractivity contribution in [2.24, 2.45) is 11.8 Å². The van der Waals surface area contributed by atoms with E-state index in [1.807, 2.05) is 109 Å². The Hall–Kier alpha value is -5.76. The van der Waals surface area contributed by atoms with Gasteiger partial charge in [0.25, 0.3) is 0 Å². The first-order chi connectivity index (χ1) is 22.3. The maximum Gasteiger partial charge on any atom is 0.307 e. The number of carboxylic acids is 2. The molecule has 0 fully saturated rings. The van der Waals surface area contributed by atoms with Gasteiger partial charge >= 0.3 is 23.9 Å². The molecule has 2 unspecified atom stereocenters. The van der Waals surface area contributed by atoms with Gasteiger partial charge < -0.3 is 19.7 Å². The van der Waals surface area contributed by atoms with Crippen LogP contribution in [0.25, 0.3) is 43.1 Å². The Labute approximate surface area is 263 Å². The molecule has 0 aliphatic heterocycles. The van der Waals surface area contributed by atoms with Gasteiger partial charge in [0.2, 0.25) is 0 Å². The van der Waals surface area contributed by atoms with Crippen molar-refractivity contribution >= 4 is 67.0 Å². The highest BCUT2D eigenvalue weighted by molar-refractivity contribution is 6.03. The summed E-state index contributed by atoms with van der Waals surface area (Å²) in [4.78, 5) is 50.4. The van der Waals surface area contributed by atoms with E-state index in [1.54, 1.807) is 0 Å². The molecule has 8 nitrogen and oxygen atoms in total. The highest BCUT2D eigenvalue weighted by Gasteiger charge is 2.38. The molecule has 46 heavy (non-hydrogen) atoms. The van der Waals surface area contributed by atoms with Crippen molar-refractivity contribution < 1.29 is 38.9 Å². The third kappa shape index (κ3) is 6.23. The van der Waals surface area contributed by atoms with Crippen LogP contribution in [0.4, 0.5) is 0 Å². The average Bonchev–Trinajstić information content (AvgIpc) is 3.06. The topological polar surface area (TPSA) is 127 Å². The number of esters is 2. The summed E-state index contributed by atoms with van der Waals surface area (Å²) in [5.41, 5.74) is 1.52. The van der Waals surface area contributed by atoms with E-state index in [1.165, 1.54) is 0 Å².